The molecule has 0 amide bonds. The topological polar surface area (TPSA) is 62.2 Å². The summed E-state index contributed by atoms with van der Waals surface area (Å²) in [6.45, 7) is 0. The van der Waals surface area contributed by atoms with E-state index in [4.69, 9.17) is 5.11 Å². The van der Waals surface area contributed by atoms with Crippen LogP contribution in [0.1, 0.15) is 0 Å². The Bertz CT molecular complexity index is 479. The van der Waals surface area contributed by atoms with Gasteiger partial charge in [0.05, 0.1) is 10.2 Å². The molecule has 2 rings (SSSR count). The van der Waals surface area contributed by atoms with Crippen LogP contribution in [0.15, 0.2) is 24.3 Å². The number of thiol groups is 1. The summed E-state index contributed by atoms with van der Waals surface area (Å²) in [4.78, 5) is 15.1. The third-order valence-corrected chi connectivity index (χ3v) is 3.41. The van der Waals surface area contributed by atoms with Crippen molar-refractivity contribution in [1.29, 1.82) is 0 Å². The zero-order chi connectivity index (χ0) is 11.5. The Labute approximate surface area is 102 Å². The van der Waals surface area contributed by atoms with Gasteiger partial charge in [-0.3, -0.25) is 0 Å². The first kappa shape index (κ1) is 11.2. The molecule has 0 aliphatic rings. The van der Waals surface area contributed by atoms with Crippen molar-refractivity contribution in [2.45, 2.75) is 6.04 Å². The van der Waals surface area contributed by atoms with Crippen LogP contribution < -0.4 is 5.32 Å². The molecule has 0 spiro atoms. The number of aliphatic carboxylic acids is 1. The molecule has 16 heavy (non-hydrogen) atoms. The second-order valence-electron chi connectivity index (χ2n) is 3.20. The van der Waals surface area contributed by atoms with Gasteiger partial charge in [0.15, 0.2) is 5.13 Å². The molecule has 0 fully saturated rings. The van der Waals surface area contributed by atoms with Crippen molar-refractivity contribution >= 4 is 45.3 Å². The van der Waals surface area contributed by atoms with Crippen molar-refractivity contribution in [3.8, 4) is 0 Å². The first-order valence-electron chi connectivity index (χ1n) is 4.66. The Morgan fingerprint density at radius 2 is 2.31 bits per heavy atom. The molecule has 4 nitrogen and oxygen atoms in total. The molecule has 0 saturated carbocycles. The quantitative estimate of drug-likeness (QED) is 0.731. The summed E-state index contributed by atoms with van der Waals surface area (Å²) in [5.74, 6) is -0.695. The number of aromatic nitrogens is 1. The van der Waals surface area contributed by atoms with Gasteiger partial charge in [0.2, 0.25) is 0 Å². The predicted octanol–water partition coefficient (Wildman–Crippen LogP) is 2.09. The SMILES string of the molecule is O=C(O)[C@H](CS)Nc1nc2ccccc2s1. The maximum atomic E-state index is 10.8. The number of para-hydroxylation sites is 1. The molecule has 2 N–H and O–H groups in total. The van der Waals surface area contributed by atoms with E-state index in [2.05, 4.69) is 22.9 Å². The summed E-state index contributed by atoms with van der Waals surface area (Å²) in [5, 5.41) is 12.3. The van der Waals surface area contributed by atoms with Gasteiger partial charge in [0, 0.05) is 5.75 Å². The monoisotopic (exact) mass is 254 g/mol. The Morgan fingerprint density at radius 3 is 2.94 bits per heavy atom. The number of thiazole rings is 1. The maximum absolute atomic E-state index is 10.8. The molecule has 1 aromatic heterocycles. The average molecular weight is 254 g/mol. The van der Waals surface area contributed by atoms with Gasteiger partial charge in [-0.2, -0.15) is 12.6 Å². The van der Waals surface area contributed by atoms with E-state index in [0.29, 0.717) is 5.13 Å². The molecule has 0 saturated heterocycles. The van der Waals surface area contributed by atoms with Crippen molar-refractivity contribution in [2.24, 2.45) is 0 Å². The van der Waals surface area contributed by atoms with Crippen molar-refractivity contribution in [2.75, 3.05) is 11.1 Å². The highest BCUT2D eigenvalue weighted by Gasteiger charge is 2.16. The predicted molar refractivity (Wildman–Crippen MR) is 68.5 cm³/mol. The van der Waals surface area contributed by atoms with Gasteiger partial charge in [-0.25, -0.2) is 9.78 Å². The number of nitrogens with zero attached hydrogens (tertiary/aromatic N) is 1. The molecule has 84 valence electrons. The van der Waals surface area contributed by atoms with E-state index in [1.165, 1.54) is 11.3 Å². The number of rotatable bonds is 4. The van der Waals surface area contributed by atoms with Crippen molar-refractivity contribution in [3.63, 3.8) is 0 Å². The molecule has 0 unspecified atom stereocenters. The lowest BCUT2D eigenvalue weighted by molar-refractivity contribution is -0.137. The Hall–Kier alpha value is -1.27. The molecular formula is C10H10N2O2S2. The van der Waals surface area contributed by atoms with Crippen LogP contribution in [-0.2, 0) is 4.79 Å². The van der Waals surface area contributed by atoms with Gasteiger partial charge in [0.25, 0.3) is 0 Å². The minimum atomic E-state index is -0.922. The maximum Gasteiger partial charge on any atom is 0.327 e. The van der Waals surface area contributed by atoms with Gasteiger partial charge in [-0.15, -0.1) is 0 Å². The van der Waals surface area contributed by atoms with E-state index in [0.717, 1.165) is 10.2 Å². The number of carbonyl (C=O) groups is 1. The number of anilines is 1. The minimum absolute atomic E-state index is 0.227. The first-order valence-corrected chi connectivity index (χ1v) is 6.11. The number of nitrogens with one attached hydrogen (secondary N) is 1. The third-order valence-electron chi connectivity index (χ3n) is 2.07. The van der Waals surface area contributed by atoms with Gasteiger partial charge in [0.1, 0.15) is 6.04 Å². The second kappa shape index (κ2) is 4.71. The highest BCUT2D eigenvalue weighted by molar-refractivity contribution is 7.80. The van der Waals surface area contributed by atoms with E-state index in [1.807, 2.05) is 24.3 Å². The molecule has 0 aliphatic carbocycles. The van der Waals surface area contributed by atoms with Crippen LogP contribution in [0.3, 0.4) is 0 Å². The molecule has 1 atom stereocenters. The van der Waals surface area contributed by atoms with E-state index in [1.54, 1.807) is 0 Å². The van der Waals surface area contributed by atoms with Gasteiger partial charge in [-0.05, 0) is 12.1 Å². The van der Waals surface area contributed by atoms with Crippen molar-refractivity contribution in [1.82, 2.24) is 4.98 Å². The number of hydrogen-bond acceptors (Lipinski definition) is 5. The van der Waals surface area contributed by atoms with Gasteiger partial charge < -0.3 is 10.4 Å². The molecule has 1 heterocycles. The summed E-state index contributed by atoms with van der Waals surface area (Å²) in [7, 11) is 0. The summed E-state index contributed by atoms with van der Waals surface area (Å²) in [6.07, 6.45) is 0. The van der Waals surface area contributed by atoms with Crippen molar-refractivity contribution in [3.05, 3.63) is 24.3 Å². The summed E-state index contributed by atoms with van der Waals surface area (Å²) in [5.41, 5.74) is 0.873. The lowest BCUT2D eigenvalue weighted by Crippen LogP contribution is -2.30. The van der Waals surface area contributed by atoms with Crippen LogP contribution in [0.25, 0.3) is 10.2 Å². The van der Waals surface area contributed by atoms with Gasteiger partial charge in [-0.1, -0.05) is 23.5 Å². The molecular weight excluding hydrogens is 244 g/mol. The highest BCUT2D eigenvalue weighted by atomic mass is 32.1. The average Bonchev–Trinajstić information content (AvgIpc) is 2.67. The summed E-state index contributed by atoms with van der Waals surface area (Å²) >= 11 is 5.42. The first-order chi connectivity index (χ1) is 7.70. The number of hydrogen-bond donors (Lipinski definition) is 3. The molecule has 0 aliphatic heterocycles. The van der Waals surface area contributed by atoms with Crippen LogP contribution >= 0.6 is 24.0 Å². The summed E-state index contributed by atoms with van der Waals surface area (Å²) in [6, 6.07) is 6.97. The Morgan fingerprint density at radius 1 is 1.56 bits per heavy atom. The van der Waals surface area contributed by atoms with Crippen LogP contribution in [0.4, 0.5) is 5.13 Å². The molecule has 2 aromatic rings. The lowest BCUT2D eigenvalue weighted by atomic mass is 10.3. The van der Waals surface area contributed by atoms with Crippen LogP contribution in [0.2, 0.25) is 0 Å². The fourth-order valence-corrected chi connectivity index (χ4v) is 2.43. The van der Waals surface area contributed by atoms with E-state index >= 15 is 0 Å². The van der Waals surface area contributed by atoms with Crippen molar-refractivity contribution < 1.29 is 9.90 Å². The summed E-state index contributed by atoms with van der Waals surface area (Å²) < 4.78 is 1.04. The van der Waals surface area contributed by atoms with Crippen LogP contribution in [-0.4, -0.2) is 27.9 Å². The number of benzene rings is 1. The third kappa shape index (κ3) is 2.28. The number of fused-ring (bicyclic) bond motifs is 1. The fourth-order valence-electron chi connectivity index (χ4n) is 1.27. The van der Waals surface area contributed by atoms with Crippen LogP contribution in [0.5, 0.6) is 0 Å². The highest BCUT2D eigenvalue weighted by Crippen LogP contribution is 2.25. The molecule has 1 aromatic carbocycles. The number of carboxylic acids is 1. The normalized spacial score (nSPS) is 12.6. The zero-order valence-corrected chi connectivity index (χ0v) is 9.96. The lowest BCUT2D eigenvalue weighted by Gasteiger charge is -2.09. The molecule has 6 heteroatoms. The largest absolute Gasteiger partial charge is 0.480 e. The Balaban J connectivity index is 2.24. The van der Waals surface area contributed by atoms with Gasteiger partial charge >= 0.3 is 5.97 Å². The fraction of sp³-hybridized carbons (Fsp3) is 0.200. The standard InChI is InChI=1S/C10H10N2O2S2/c13-9(14)7(5-15)12-10-11-6-3-1-2-4-8(6)16-10/h1-4,7,15H,5H2,(H,11,12)(H,13,14)/t7-/m0/s1. The minimum Gasteiger partial charge on any atom is -0.480 e. The zero-order valence-electron chi connectivity index (χ0n) is 8.25. The smallest absolute Gasteiger partial charge is 0.327 e. The Kier molecular flexibility index (Phi) is 3.31. The molecule has 0 bridgehead atoms. The van der Waals surface area contributed by atoms with E-state index in [-0.39, 0.29) is 5.75 Å². The van der Waals surface area contributed by atoms with Crippen LogP contribution in [0, 0.1) is 0 Å². The molecule has 0 radical (unpaired) electrons. The van der Waals surface area contributed by atoms with E-state index in [9.17, 15) is 4.79 Å². The van der Waals surface area contributed by atoms with E-state index < -0.39 is 12.0 Å². The number of carboxylic acid groups (broad SMARTS) is 1. The second-order valence-corrected chi connectivity index (χ2v) is 4.60.